The normalized spacial score (nSPS) is 11.9. The van der Waals surface area contributed by atoms with E-state index in [1.807, 2.05) is 13.8 Å². The number of amidine groups is 1. The van der Waals surface area contributed by atoms with E-state index in [1.54, 1.807) is 0 Å². The van der Waals surface area contributed by atoms with Gasteiger partial charge in [-0.1, -0.05) is 0 Å². The van der Waals surface area contributed by atoms with Crippen molar-refractivity contribution >= 4 is 15.9 Å². The maximum Gasteiger partial charge on any atom is 0.214 e. The molecule has 0 atom stereocenters. The molecule has 0 bridgehead atoms. The van der Waals surface area contributed by atoms with Crippen LogP contribution in [0.15, 0.2) is 0 Å². The van der Waals surface area contributed by atoms with Gasteiger partial charge in [-0.05, 0) is 13.8 Å². The Balaban J connectivity index is 3.79. The minimum Gasteiger partial charge on any atom is -0.387 e. The molecule has 0 radical (unpaired) electrons. The van der Waals surface area contributed by atoms with Gasteiger partial charge in [-0.15, -0.1) is 0 Å². The Kier molecular flexibility index (Phi) is 5.66. The van der Waals surface area contributed by atoms with Crippen LogP contribution >= 0.6 is 0 Å². The topological polar surface area (TPSA) is 105 Å². The third kappa shape index (κ3) is 7.96. The molecule has 0 aromatic rings. The van der Waals surface area contributed by atoms with Crippen molar-refractivity contribution in [2.75, 3.05) is 18.9 Å². The van der Waals surface area contributed by atoms with E-state index in [-0.39, 0.29) is 30.8 Å². The number of ether oxygens (including phenoxy) is 1. The molecule has 14 heavy (non-hydrogen) atoms. The molecule has 0 saturated heterocycles. The van der Waals surface area contributed by atoms with Crippen LogP contribution in [0.25, 0.3) is 0 Å². The minimum absolute atomic E-state index is 0.0120. The lowest BCUT2D eigenvalue weighted by atomic mass is 10.5. The van der Waals surface area contributed by atoms with E-state index in [1.165, 1.54) is 0 Å². The first-order valence-corrected chi connectivity index (χ1v) is 5.90. The van der Waals surface area contributed by atoms with Crippen molar-refractivity contribution in [3.8, 4) is 0 Å². The molecule has 0 rings (SSSR count). The second-order valence-electron chi connectivity index (χ2n) is 3.08. The molecule has 0 fully saturated rings. The molecule has 0 aliphatic rings. The van der Waals surface area contributed by atoms with E-state index in [4.69, 9.17) is 15.9 Å². The SMILES string of the molecule is CC(C)OCCS(=O)(=O)NCC(=N)N. The van der Waals surface area contributed by atoms with Crippen LogP contribution in [0, 0.1) is 5.41 Å². The lowest BCUT2D eigenvalue weighted by molar-refractivity contribution is 0.0911. The average Bonchev–Trinajstić information content (AvgIpc) is 2.00. The number of rotatable bonds is 7. The van der Waals surface area contributed by atoms with E-state index in [2.05, 4.69) is 4.72 Å². The van der Waals surface area contributed by atoms with Gasteiger partial charge in [-0.3, -0.25) is 5.41 Å². The largest absolute Gasteiger partial charge is 0.387 e. The highest BCUT2D eigenvalue weighted by atomic mass is 32.2. The highest BCUT2D eigenvalue weighted by molar-refractivity contribution is 7.89. The fourth-order valence-corrected chi connectivity index (χ4v) is 1.49. The van der Waals surface area contributed by atoms with Gasteiger partial charge in [0.05, 0.1) is 25.0 Å². The Labute approximate surface area is 84.4 Å². The van der Waals surface area contributed by atoms with Gasteiger partial charge in [0, 0.05) is 0 Å². The standard InChI is InChI=1S/C7H17N3O3S/c1-6(2)13-3-4-14(11,12)10-5-7(8)9/h6,10H,3-5H2,1-2H3,(H3,8,9). The van der Waals surface area contributed by atoms with E-state index in [0.717, 1.165) is 0 Å². The number of nitrogens with two attached hydrogens (primary N) is 1. The zero-order valence-electron chi connectivity index (χ0n) is 8.41. The van der Waals surface area contributed by atoms with Crippen molar-refractivity contribution < 1.29 is 13.2 Å². The van der Waals surface area contributed by atoms with Crippen molar-refractivity contribution in [1.29, 1.82) is 5.41 Å². The summed E-state index contributed by atoms with van der Waals surface area (Å²) in [6.07, 6.45) is 0.0120. The Hall–Kier alpha value is -0.660. The number of hydrogen-bond donors (Lipinski definition) is 3. The van der Waals surface area contributed by atoms with Gasteiger partial charge in [0.2, 0.25) is 10.0 Å². The van der Waals surface area contributed by atoms with E-state index in [9.17, 15) is 8.42 Å². The second-order valence-corrected chi connectivity index (χ2v) is 5.01. The van der Waals surface area contributed by atoms with Gasteiger partial charge >= 0.3 is 0 Å². The first-order valence-electron chi connectivity index (χ1n) is 4.25. The highest BCUT2D eigenvalue weighted by Gasteiger charge is 2.10. The molecule has 0 aromatic heterocycles. The summed E-state index contributed by atoms with van der Waals surface area (Å²) in [5.74, 6) is -0.322. The zero-order valence-corrected chi connectivity index (χ0v) is 9.23. The van der Waals surface area contributed by atoms with Crippen molar-refractivity contribution in [2.45, 2.75) is 20.0 Å². The van der Waals surface area contributed by atoms with Crippen LogP contribution in [0.4, 0.5) is 0 Å². The van der Waals surface area contributed by atoms with Gasteiger partial charge in [0.1, 0.15) is 5.84 Å². The van der Waals surface area contributed by atoms with Crippen LogP contribution in [-0.4, -0.2) is 39.3 Å². The maximum atomic E-state index is 11.2. The van der Waals surface area contributed by atoms with Gasteiger partial charge in [0.15, 0.2) is 0 Å². The van der Waals surface area contributed by atoms with Gasteiger partial charge in [-0.2, -0.15) is 0 Å². The van der Waals surface area contributed by atoms with Gasteiger partial charge in [0.25, 0.3) is 0 Å². The predicted octanol–water partition coefficient (Wildman–Crippen LogP) is -0.733. The smallest absolute Gasteiger partial charge is 0.214 e. The van der Waals surface area contributed by atoms with E-state index in [0.29, 0.717) is 0 Å². The fraction of sp³-hybridized carbons (Fsp3) is 0.857. The van der Waals surface area contributed by atoms with Crippen LogP contribution in [0.5, 0.6) is 0 Å². The van der Waals surface area contributed by atoms with Crippen molar-refractivity contribution in [1.82, 2.24) is 4.72 Å². The number of nitrogens with one attached hydrogen (secondary N) is 2. The summed E-state index contributed by atoms with van der Waals surface area (Å²) in [5.41, 5.74) is 5.00. The molecule has 84 valence electrons. The maximum absolute atomic E-state index is 11.2. The van der Waals surface area contributed by atoms with Crippen LogP contribution in [-0.2, 0) is 14.8 Å². The van der Waals surface area contributed by atoms with Crippen molar-refractivity contribution in [2.24, 2.45) is 5.73 Å². The van der Waals surface area contributed by atoms with Crippen LogP contribution in [0.3, 0.4) is 0 Å². The summed E-state index contributed by atoms with van der Waals surface area (Å²) < 4.78 is 29.6. The molecule has 0 aromatic carbocycles. The molecule has 0 unspecified atom stereocenters. The molecule has 6 nitrogen and oxygen atoms in total. The van der Waals surface area contributed by atoms with Gasteiger partial charge in [-0.25, -0.2) is 13.1 Å². The van der Waals surface area contributed by atoms with Gasteiger partial charge < -0.3 is 10.5 Å². The summed E-state index contributed by atoms with van der Waals surface area (Å²) in [6, 6.07) is 0. The third-order valence-electron chi connectivity index (χ3n) is 1.29. The zero-order chi connectivity index (χ0) is 11.2. The third-order valence-corrected chi connectivity index (χ3v) is 2.57. The molecule has 0 saturated carbocycles. The molecule has 0 amide bonds. The summed E-state index contributed by atoms with van der Waals surface area (Å²) in [5, 5.41) is 6.84. The summed E-state index contributed by atoms with van der Waals surface area (Å²) in [6.45, 7) is 3.65. The predicted molar refractivity (Wildman–Crippen MR) is 54.8 cm³/mol. The molecule has 0 aliphatic heterocycles. The average molecular weight is 223 g/mol. The fourth-order valence-electron chi connectivity index (χ4n) is 0.653. The summed E-state index contributed by atoms with van der Waals surface area (Å²) in [4.78, 5) is 0. The first-order chi connectivity index (χ1) is 6.33. The Morgan fingerprint density at radius 1 is 1.57 bits per heavy atom. The lowest BCUT2D eigenvalue weighted by Gasteiger charge is -2.08. The van der Waals surface area contributed by atoms with E-state index >= 15 is 0 Å². The lowest BCUT2D eigenvalue weighted by Crippen LogP contribution is -2.35. The highest BCUT2D eigenvalue weighted by Crippen LogP contribution is 1.90. The molecule has 0 heterocycles. The van der Waals surface area contributed by atoms with Crippen molar-refractivity contribution in [3.63, 3.8) is 0 Å². The van der Waals surface area contributed by atoms with Crippen LogP contribution in [0.2, 0.25) is 0 Å². The molecule has 0 aliphatic carbocycles. The molecule has 7 heteroatoms. The first kappa shape index (κ1) is 13.3. The monoisotopic (exact) mass is 223 g/mol. The minimum atomic E-state index is -3.37. The number of sulfonamides is 1. The van der Waals surface area contributed by atoms with Crippen molar-refractivity contribution in [3.05, 3.63) is 0 Å². The molecular formula is C7H17N3O3S. The quantitative estimate of drug-likeness (QED) is 0.390. The molecule has 0 spiro atoms. The molecule has 4 N–H and O–H groups in total. The van der Waals surface area contributed by atoms with Crippen LogP contribution in [0.1, 0.15) is 13.8 Å². The Bertz CT molecular complexity index is 274. The molecular weight excluding hydrogens is 206 g/mol. The Morgan fingerprint density at radius 3 is 2.57 bits per heavy atom. The second kappa shape index (κ2) is 5.94. The van der Waals surface area contributed by atoms with E-state index < -0.39 is 10.0 Å². The summed E-state index contributed by atoms with van der Waals surface area (Å²) in [7, 11) is -3.37. The summed E-state index contributed by atoms with van der Waals surface area (Å²) >= 11 is 0. The van der Waals surface area contributed by atoms with Crippen LogP contribution < -0.4 is 10.5 Å². The Morgan fingerprint density at radius 2 is 2.14 bits per heavy atom. The number of hydrogen-bond acceptors (Lipinski definition) is 4.